The molecule has 2 nitrogen and oxygen atoms in total. The van der Waals surface area contributed by atoms with Crippen molar-refractivity contribution in [3.8, 4) is 12.3 Å². The molecule has 2 rings (SSSR count). The number of nitrogens with zero attached hydrogens (tertiary/aromatic N) is 1. The Hall–Kier alpha value is -0.620. The van der Waals surface area contributed by atoms with Gasteiger partial charge in [0.25, 0.3) is 0 Å². The quantitative estimate of drug-likeness (QED) is 0.590. The van der Waals surface area contributed by atoms with Crippen molar-refractivity contribution < 1.29 is 4.79 Å². The van der Waals surface area contributed by atoms with Crippen molar-refractivity contribution in [2.75, 3.05) is 12.3 Å². The molecule has 70 valence electrons. The molecule has 2 fully saturated rings. The van der Waals surface area contributed by atoms with Gasteiger partial charge >= 0.3 is 0 Å². The van der Waals surface area contributed by atoms with Crippen molar-refractivity contribution in [1.29, 1.82) is 0 Å². The molecule has 0 unspecified atom stereocenters. The van der Waals surface area contributed by atoms with Crippen LogP contribution in [0.3, 0.4) is 0 Å². The van der Waals surface area contributed by atoms with Gasteiger partial charge in [-0.3, -0.25) is 4.79 Å². The minimum atomic E-state index is 0.0868. The zero-order chi connectivity index (χ0) is 9.31. The Kier molecular flexibility index (Phi) is 2.25. The van der Waals surface area contributed by atoms with E-state index < -0.39 is 0 Å². The van der Waals surface area contributed by atoms with Crippen molar-refractivity contribution in [1.82, 2.24) is 4.90 Å². The van der Waals surface area contributed by atoms with Gasteiger partial charge in [-0.15, -0.1) is 18.2 Å². The van der Waals surface area contributed by atoms with Crippen LogP contribution < -0.4 is 0 Å². The summed E-state index contributed by atoms with van der Waals surface area (Å²) in [6.45, 7) is 0.492. The molecule has 0 radical (unpaired) electrons. The van der Waals surface area contributed by atoms with E-state index >= 15 is 0 Å². The average molecular weight is 195 g/mol. The first kappa shape index (κ1) is 8.96. The summed E-state index contributed by atoms with van der Waals surface area (Å²) in [6.07, 6.45) is 10.0. The highest BCUT2D eigenvalue weighted by Gasteiger charge is 2.47. The molecule has 13 heavy (non-hydrogen) atoms. The summed E-state index contributed by atoms with van der Waals surface area (Å²) in [7, 11) is 0. The summed E-state index contributed by atoms with van der Waals surface area (Å²) in [5.74, 6) is 3.44. The number of amides is 1. The van der Waals surface area contributed by atoms with Crippen LogP contribution in [0.4, 0.5) is 0 Å². The molecule has 0 N–H and O–H groups in total. The largest absolute Gasteiger partial charge is 0.316 e. The van der Waals surface area contributed by atoms with Gasteiger partial charge in [-0.1, -0.05) is 18.8 Å². The highest BCUT2D eigenvalue weighted by Crippen LogP contribution is 2.48. The van der Waals surface area contributed by atoms with Gasteiger partial charge < -0.3 is 4.90 Å². The number of thioether (sulfide) groups is 1. The van der Waals surface area contributed by atoms with Crippen LogP contribution in [0.1, 0.15) is 25.7 Å². The minimum absolute atomic E-state index is 0.0868. The van der Waals surface area contributed by atoms with Crippen molar-refractivity contribution in [2.45, 2.75) is 30.6 Å². The number of hydrogen-bond acceptors (Lipinski definition) is 2. The lowest BCUT2D eigenvalue weighted by atomic mass is 10.2. The highest BCUT2D eigenvalue weighted by atomic mass is 32.2. The van der Waals surface area contributed by atoms with E-state index in [1.807, 2.05) is 4.90 Å². The third kappa shape index (κ3) is 1.34. The first-order valence-electron chi connectivity index (χ1n) is 4.66. The number of terminal acetylenes is 1. The molecule has 1 aliphatic carbocycles. The molecule has 0 aromatic rings. The third-order valence-corrected chi connectivity index (χ3v) is 4.45. The summed E-state index contributed by atoms with van der Waals surface area (Å²) in [5.41, 5.74) is 0. The Morgan fingerprint density at radius 3 is 2.85 bits per heavy atom. The number of hydrogen-bond donors (Lipinski definition) is 0. The molecule has 1 aliphatic heterocycles. The van der Waals surface area contributed by atoms with Gasteiger partial charge in [0.1, 0.15) is 0 Å². The number of rotatable bonds is 1. The zero-order valence-corrected chi connectivity index (χ0v) is 8.40. The molecule has 0 atom stereocenters. The Morgan fingerprint density at radius 2 is 2.23 bits per heavy atom. The van der Waals surface area contributed by atoms with Crippen LogP contribution in [0.15, 0.2) is 0 Å². The summed E-state index contributed by atoms with van der Waals surface area (Å²) >= 11 is 1.79. The molecule has 1 spiro atoms. The Bertz CT molecular complexity index is 263. The second kappa shape index (κ2) is 3.26. The van der Waals surface area contributed by atoms with E-state index in [4.69, 9.17) is 6.42 Å². The van der Waals surface area contributed by atoms with Crippen molar-refractivity contribution >= 4 is 17.7 Å². The SMILES string of the molecule is C#CCN1C(=O)CSC12CCCC2. The van der Waals surface area contributed by atoms with Crippen LogP contribution >= 0.6 is 11.8 Å². The molecule has 1 saturated heterocycles. The van der Waals surface area contributed by atoms with E-state index in [-0.39, 0.29) is 10.8 Å². The minimum Gasteiger partial charge on any atom is -0.316 e. The Morgan fingerprint density at radius 1 is 1.54 bits per heavy atom. The van der Waals surface area contributed by atoms with Gasteiger partial charge in [0.05, 0.1) is 17.2 Å². The molecule has 1 amide bonds. The lowest BCUT2D eigenvalue weighted by Gasteiger charge is -2.32. The van der Waals surface area contributed by atoms with Crippen molar-refractivity contribution in [3.05, 3.63) is 0 Å². The molecular formula is C10H13NOS. The third-order valence-electron chi connectivity index (χ3n) is 2.89. The maximum atomic E-state index is 11.5. The first-order chi connectivity index (χ1) is 6.28. The van der Waals surface area contributed by atoms with Gasteiger partial charge in [0.2, 0.25) is 5.91 Å². The molecule has 3 heteroatoms. The first-order valence-corrected chi connectivity index (χ1v) is 5.65. The highest BCUT2D eigenvalue weighted by molar-refractivity contribution is 8.01. The van der Waals surface area contributed by atoms with E-state index in [0.717, 1.165) is 12.8 Å². The second-order valence-electron chi connectivity index (χ2n) is 3.63. The van der Waals surface area contributed by atoms with E-state index in [0.29, 0.717) is 12.3 Å². The monoisotopic (exact) mass is 195 g/mol. The van der Waals surface area contributed by atoms with Gasteiger partial charge in [0, 0.05) is 0 Å². The zero-order valence-electron chi connectivity index (χ0n) is 7.58. The second-order valence-corrected chi connectivity index (χ2v) is 4.96. The van der Waals surface area contributed by atoms with Crippen molar-refractivity contribution in [3.63, 3.8) is 0 Å². The molecule has 0 aromatic carbocycles. The van der Waals surface area contributed by atoms with Crippen LogP contribution in [0.25, 0.3) is 0 Å². The molecular weight excluding hydrogens is 182 g/mol. The molecule has 1 heterocycles. The van der Waals surface area contributed by atoms with Gasteiger partial charge in [-0.25, -0.2) is 0 Å². The summed E-state index contributed by atoms with van der Waals surface area (Å²) in [5, 5.41) is 0. The fourth-order valence-electron chi connectivity index (χ4n) is 2.24. The smallest absolute Gasteiger partial charge is 0.234 e. The van der Waals surface area contributed by atoms with Crippen molar-refractivity contribution in [2.24, 2.45) is 0 Å². The van der Waals surface area contributed by atoms with E-state index in [1.165, 1.54) is 12.8 Å². The van der Waals surface area contributed by atoms with E-state index in [1.54, 1.807) is 11.8 Å². The standard InChI is InChI=1S/C10H13NOS/c1-2-7-11-9(12)8-13-10(11)5-3-4-6-10/h1H,3-8H2. The average Bonchev–Trinajstić information content (AvgIpc) is 2.69. The van der Waals surface area contributed by atoms with Crippen LogP contribution in [-0.4, -0.2) is 28.0 Å². The van der Waals surface area contributed by atoms with Gasteiger partial charge in [-0.2, -0.15) is 0 Å². The Labute approximate surface area is 83.1 Å². The molecule has 2 aliphatic rings. The maximum Gasteiger partial charge on any atom is 0.234 e. The lowest BCUT2D eigenvalue weighted by molar-refractivity contribution is -0.129. The van der Waals surface area contributed by atoms with Crippen LogP contribution in [0, 0.1) is 12.3 Å². The molecule has 0 aromatic heterocycles. The van der Waals surface area contributed by atoms with Gasteiger partial charge in [-0.05, 0) is 12.8 Å². The predicted molar refractivity (Wildman–Crippen MR) is 54.2 cm³/mol. The molecule has 0 bridgehead atoms. The fourth-order valence-corrected chi connectivity index (χ4v) is 3.69. The van der Waals surface area contributed by atoms with Crippen LogP contribution in [0.5, 0.6) is 0 Å². The van der Waals surface area contributed by atoms with E-state index in [2.05, 4.69) is 5.92 Å². The lowest BCUT2D eigenvalue weighted by Crippen LogP contribution is -2.42. The van der Waals surface area contributed by atoms with Gasteiger partial charge in [0.15, 0.2) is 0 Å². The van der Waals surface area contributed by atoms with E-state index in [9.17, 15) is 4.79 Å². The number of carbonyl (C=O) groups is 1. The maximum absolute atomic E-state index is 11.5. The van der Waals surface area contributed by atoms with Crippen LogP contribution in [0.2, 0.25) is 0 Å². The Balaban J connectivity index is 2.19. The normalized spacial score (nSPS) is 25.5. The summed E-state index contributed by atoms with van der Waals surface area (Å²) in [4.78, 5) is 13.5. The fraction of sp³-hybridized carbons (Fsp3) is 0.700. The summed E-state index contributed by atoms with van der Waals surface area (Å²) in [6, 6.07) is 0. The predicted octanol–water partition coefficient (Wildman–Crippen LogP) is 1.47. The number of carbonyl (C=O) groups excluding carboxylic acids is 1. The molecule has 1 saturated carbocycles. The summed E-state index contributed by atoms with van der Waals surface area (Å²) < 4.78 is 0. The van der Waals surface area contributed by atoms with Crippen LogP contribution in [-0.2, 0) is 4.79 Å². The topological polar surface area (TPSA) is 20.3 Å².